The van der Waals surface area contributed by atoms with E-state index in [-0.39, 0.29) is 12.2 Å². The number of ether oxygens (including phenoxy) is 3. The second-order valence-electron chi connectivity index (χ2n) is 10.2. The van der Waals surface area contributed by atoms with Crippen molar-refractivity contribution in [3.05, 3.63) is 138 Å². The second kappa shape index (κ2) is 12.5. The Morgan fingerprint density at radius 1 is 1.02 bits per heavy atom. The third kappa shape index (κ3) is 5.66. The predicted octanol–water partition coefficient (Wildman–Crippen LogP) is 6.19. The minimum Gasteiger partial charge on any atom is -0.493 e. The Morgan fingerprint density at radius 2 is 1.80 bits per heavy atom. The fraction of sp³-hybridized carbons (Fsp3) is 0.171. The summed E-state index contributed by atoms with van der Waals surface area (Å²) >= 11 is 7.41. The first-order valence-electron chi connectivity index (χ1n) is 14.1. The number of halogens is 1. The van der Waals surface area contributed by atoms with E-state index in [0.717, 1.165) is 27.5 Å². The molecule has 0 saturated carbocycles. The quantitative estimate of drug-likeness (QED) is 0.192. The van der Waals surface area contributed by atoms with Crippen LogP contribution in [-0.2, 0) is 16.1 Å². The molecule has 1 atom stereocenters. The molecule has 5 aromatic rings. The number of benzene rings is 4. The van der Waals surface area contributed by atoms with Crippen LogP contribution in [0.5, 0.6) is 11.5 Å². The normalized spacial score (nSPS) is 14.7. The third-order valence-electron chi connectivity index (χ3n) is 7.45. The Morgan fingerprint density at radius 3 is 2.57 bits per heavy atom. The highest BCUT2D eigenvalue weighted by molar-refractivity contribution is 7.07. The van der Waals surface area contributed by atoms with E-state index in [9.17, 15) is 9.59 Å². The molecule has 6 rings (SSSR count). The van der Waals surface area contributed by atoms with Gasteiger partial charge in [-0.3, -0.25) is 9.36 Å². The molecule has 7 nitrogen and oxygen atoms in total. The summed E-state index contributed by atoms with van der Waals surface area (Å²) in [5, 5.41) is 2.84. The molecule has 1 aliphatic heterocycles. The van der Waals surface area contributed by atoms with Crippen LogP contribution >= 0.6 is 22.9 Å². The van der Waals surface area contributed by atoms with Crippen LogP contribution in [0.3, 0.4) is 0 Å². The minimum absolute atomic E-state index is 0.205. The Bertz CT molecular complexity index is 2090. The second-order valence-corrected chi connectivity index (χ2v) is 11.6. The monoisotopic (exact) mass is 624 g/mol. The van der Waals surface area contributed by atoms with Gasteiger partial charge >= 0.3 is 5.97 Å². The van der Waals surface area contributed by atoms with Gasteiger partial charge < -0.3 is 14.2 Å². The van der Waals surface area contributed by atoms with Gasteiger partial charge in [0, 0.05) is 5.02 Å². The van der Waals surface area contributed by atoms with E-state index in [1.807, 2.05) is 48.5 Å². The van der Waals surface area contributed by atoms with Crippen molar-refractivity contribution in [2.75, 3.05) is 13.7 Å². The molecule has 0 spiro atoms. The highest BCUT2D eigenvalue weighted by Crippen LogP contribution is 2.32. The van der Waals surface area contributed by atoms with Gasteiger partial charge in [-0.15, -0.1) is 0 Å². The molecule has 1 aromatic heterocycles. The zero-order valence-corrected chi connectivity index (χ0v) is 25.9. The van der Waals surface area contributed by atoms with E-state index in [1.54, 1.807) is 43.7 Å². The number of esters is 1. The summed E-state index contributed by atoms with van der Waals surface area (Å²) in [7, 11) is 1.59. The van der Waals surface area contributed by atoms with Crippen molar-refractivity contribution in [2.45, 2.75) is 26.5 Å². The van der Waals surface area contributed by atoms with Crippen LogP contribution in [0.2, 0.25) is 5.02 Å². The number of hydrogen-bond acceptors (Lipinski definition) is 7. The lowest BCUT2D eigenvalue weighted by molar-refractivity contribution is -0.139. The van der Waals surface area contributed by atoms with Crippen molar-refractivity contribution < 1.29 is 19.0 Å². The molecule has 0 fully saturated rings. The molecule has 1 aliphatic rings. The minimum atomic E-state index is -0.705. The molecule has 222 valence electrons. The first-order valence-corrected chi connectivity index (χ1v) is 15.3. The number of hydrogen-bond donors (Lipinski definition) is 0. The van der Waals surface area contributed by atoms with Gasteiger partial charge in [-0.1, -0.05) is 83.6 Å². The summed E-state index contributed by atoms with van der Waals surface area (Å²) in [5.74, 6) is 0.634. The highest BCUT2D eigenvalue weighted by Gasteiger charge is 2.33. The van der Waals surface area contributed by atoms with Crippen molar-refractivity contribution in [3.63, 3.8) is 0 Å². The van der Waals surface area contributed by atoms with Crippen molar-refractivity contribution in [1.29, 1.82) is 0 Å². The lowest BCUT2D eigenvalue weighted by Gasteiger charge is -2.24. The van der Waals surface area contributed by atoms with E-state index >= 15 is 0 Å². The van der Waals surface area contributed by atoms with Gasteiger partial charge in [-0.25, -0.2) is 9.79 Å². The van der Waals surface area contributed by atoms with Crippen molar-refractivity contribution in [3.8, 4) is 11.5 Å². The maximum absolute atomic E-state index is 13.9. The van der Waals surface area contributed by atoms with Crippen molar-refractivity contribution >= 4 is 45.8 Å². The Hall–Kier alpha value is -4.66. The van der Waals surface area contributed by atoms with Crippen molar-refractivity contribution in [1.82, 2.24) is 4.57 Å². The topological polar surface area (TPSA) is 79.1 Å². The average molecular weight is 625 g/mol. The number of rotatable bonds is 8. The van der Waals surface area contributed by atoms with Gasteiger partial charge in [-0.2, -0.15) is 0 Å². The molecule has 0 N–H and O–H groups in total. The SMILES string of the molecule is CCOC(=O)C1=C(C)N=c2s/c(=C\c3ccc(OCc4cccc5ccccc45)c(OC)c3)c(=O)n2C1c1ccc(Cl)cc1. The third-order valence-corrected chi connectivity index (χ3v) is 8.69. The van der Waals surface area contributed by atoms with Crippen molar-refractivity contribution in [2.24, 2.45) is 4.99 Å². The molecule has 0 aliphatic carbocycles. The number of carbonyl (C=O) groups is 1. The summed E-state index contributed by atoms with van der Waals surface area (Å²) < 4.78 is 19.2. The molecule has 0 radical (unpaired) electrons. The number of nitrogens with zero attached hydrogens (tertiary/aromatic N) is 2. The Labute approximate surface area is 262 Å². The summed E-state index contributed by atoms with van der Waals surface area (Å²) in [5.41, 5.74) is 3.12. The standard InChI is InChI=1S/C35H29ClN2O5S/c1-4-42-34(40)31-21(2)37-35-38(32(31)24-13-15-26(36)16-14-24)33(39)30(44-35)19-22-12-17-28(29(18-22)41-3)43-20-25-10-7-9-23-8-5-6-11-27(23)25/h5-19,32H,4,20H2,1-3H3/b30-19-. The Balaban J connectivity index is 1.36. The fourth-order valence-corrected chi connectivity index (χ4v) is 6.54. The van der Waals surface area contributed by atoms with Gasteiger partial charge in [0.25, 0.3) is 5.56 Å². The van der Waals surface area contributed by atoms with Crippen LogP contribution in [0.15, 0.2) is 106 Å². The first-order chi connectivity index (χ1) is 21.4. The number of allylic oxidation sites excluding steroid dienone is 1. The van der Waals surface area contributed by atoms with Gasteiger partial charge in [-0.05, 0) is 71.7 Å². The smallest absolute Gasteiger partial charge is 0.338 e. The zero-order valence-electron chi connectivity index (χ0n) is 24.4. The van der Waals surface area contributed by atoms with Gasteiger partial charge in [0.2, 0.25) is 0 Å². The molecule has 44 heavy (non-hydrogen) atoms. The van der Waals surface area contributed by atoms with E-state index in [1.165, 1.54) is 11.3 Å². The zero-order chi connectivity index (χ0) is 30.8. The largest absolute Gasteiger partial charge is 0.493 e. The molecular formula is C35H29ClN2O5S. The molecule has 2 heterocycles. The first kappa shape index (κ1) is 29.4. The maximum atomic E-state index is 13.9. The van der Waals surface area contributed by atoms with Gasteiger partial charge in [0.1, 0.15) is 6.61 Å². The molecule has 9 heteroatoms. The molecule has 0 amide bonds. The number of aromatic nitrogens is 1. The fourth-order valence-electron chi connectivity index (χ4n) is 5.37. The maximum Gasteiger partial charge on any atom is 0.338 e. The van der Waals surface area contributed by atoms with E-state index in [4.69, 9.17) is 25.8 Å². The molecular weight excluding hydrogens is 596 g/mol. The molecule has 1 unspecified atom stereocenters. The molecule has 4 aromatic carbocycles. The summed E-state index contributed by atoms with van der Waals surface area (Å²) in [4.78, 5) is 32.1. The van der Waals surface area contributed by atoms with Crippen LogP contribution in [-0.4, -0.2) is 24.3 Å². The summed E-state index contributed by atoms with van der Waals surface area (Å²) in [6.07, 6.45) is 1.79. The van der Waals surface area contributed by atoms with E-state index in [2.05, 4.69) is 29.3 Å². The summed E-state index contributed by atoms with van der Waals surface area (Å²) in [6, 6.07) is 26.3. The Kier molecular flexibility index (Phi) is 8.37. The average Bonchev–Trinajstić information content (AvgIpc) is 3.33. The van der Waals surface area contributed by atoms with Gasteiger partial charge in [0.05, 0.1) is 35.6 Å². The highest BCUT2D eigenvalue weighted by atomic mass is 35.5. The van der Waals surface area contributed by atoms with Crippen LogP contribution in [0, 0.1) is 0 Å². The summed E-state index contributed by atoms with van der Waals surface area (Å²) in [6.45, 7) is 4.09. The molecule has 0 bridgehead atoms. The van der Waals surface area contributed by atoms with Crippen LogP contribution in [0.4, 0.5) is 0 Å². The number of carbonyl (C=O) groups excluding carboxylic acids is 1. The number of thiazole rings is 1. The van der Waals surface area contributed by atoms with E-state index < -0.39 is 12.0 Å². The lowest BCUT2D eigenvalue weighted by Crippen LogP contribution is -2.39. The van der Waals surface area contributed by atoms with Crippen LogP contribution < -0.4 is 24.4 Å². The predicted molar refractivity (Wildman–Crippen MR) is 173 cm³/mol. The number of methoxy groups -OCH3 is 1. The van der Waals surface area contributed by atoms with Crippen LogP contribution in [0.25, 0.3) is 16.8 Å². The van der Waals surface area contributed by atoms with Crippen LogP contribution in [0.1, 0.15) is 36.6 Å². The van der Waals surface area contributed by atoms with E-state index in [0.29, 0.717) is 43.7 Å². The number of fused-ring (bicyclic) bond motifs is 2. The molecule has 0 saturated heterocycles. The van der Waals surface area contributed by atoms with Gasteiger partial charge in [0.15, 0.2) is 16.3 Å². The lowest BCUT2D eigenvalue weighted by atomic mass is 9.96.